The fourth-order valence-electron chi connectivity index (χ4n) is 1.49. The van der Waals surface area contributed by atoms with Crippen LogP contribution in [0, 0.1) is 10.1 Å². The summed E-state index contributed by atoms with van der Waals surface area (Å²) in [5.41, 5.74) is -2.20. The standard InChI is InChI=1S/C12H12BrClN2O6/c1-12(2,3)22-11(19)15(10(17)18)9-7(14)4-6(13)5-8(9)16(20)21/h4-5H,1-3H3,(H,17,18). The predicted octanol–water partition coefficient (Wildman–Crippen LogP) is 4.43. The Morgan fingerprint density at radius 3 is 2.36 bits per heavy atom. The van der Waals surface area contributed by atoms with Crippen molar-refractivity contribution in [3.8, 4) is 0 Å². The fourth-order valence-corrected chi connectivity index (χ4v) is 2.36. The first-order valence-electron chi connectivity index (χ1n) is 5.83. The highest BCUT2D eigenvalue weighted by atomic mass is 79.9. The molecule has 120 valence electrons. The van der Waals surface area contributed by atoms with Crippen molar-refractivity contribution in [2.24, 2.45) is 0 Å². The van der Waals surface area contributed by atoms with Gasteiger partial charge >= 0.3 is 12.2 Å². The average Bonchev–Trinajstić information content (AvgIpc) is 2.28. The molecular formula is C12H12BrClN2O6. The summed E-state index contributed by atoms with van der Waals surface area (Å²) in [7, 11) is 0. The van der Waals surface area contributed by atoms with Crippen molar-refractivity contribution in [1.82, 2.24) is 0 Å². The van der Waals surface area contributed by atoms with Crippen LogP contribution in [0.4, 0.5) is 21.0 Å². The van der Waals surface area contributed by atoms with Crippen LogP contribution in [0.5, 0.6) is 0 Å². The van der Waals surface area contributed by atoms with E-state index in [4.69, 9.17) is 16.3 Å². The molecule has 0 radical (unpaired) electrons. The Labute approximate surface area is 138 Å². The Kier molecular flexibility index (Phi) is 5.36. The molecule has 22 heavy (non-hydrogen) atoms. The number of nitro benzene ring substituents is 1. The summed E-state index contributed by atoms with van der Waals surface area (Å²) in [6.07, 6.45) is -3.03. The molecule has 0 atom stereocenters. The third kappa shape index (κ3) is 4.31. The Bertz CT molecular complexity index is 643. The normalized spacial score (nSPS) is 11.0. The Morgan fingerprint density at radius 2 is 1.95 bits per heavy atom. The molecule has 0 saturated carbocycles. The maximum atomic E-state index is 12.0. The van der Waals surface area contributed by atoms with E-state index in [1.165, 1.54) is 26.8 Å². The number of anilines is 1. The number of nitrogens with zero attached hydrogens (tertiary/aromatic N) is 2. The van der Waals surface area contributed by atoms with Crippen LogP contribution in [0.15, 0.2) is 16.6 Å². The zero-order valence-electron chi connectivity index (χ0n) is 11.8. The molecule has 0 fully saturated rings. The maximum Gasteiger partial charge on any atom is 0.424 e. The van der Waals surface area contributed by atoms with Gasteiger partial charge in [-0.1, -0.05) is 27.5 Å². The van der Waals surface area contributed by atoms with Crippen molar-refractivity contribution < 1.29 is 24.4 Å². The number of carbonyl (C=O) groups is 2. The lowest BCUT2D eigenvalue weighted by molar-refractivity contribution is -0.384. The average molecular weight is 396 g/mol. The minimum atomic E-state index is -1.75. The van der Waals surface area contributed by atoms with Gasteiger partial charge in [-0.05, 0) is 26.8 Å². The smallest absolute Gasteiger partial charge is 0.424 e. The predicted molar refractivity (Wildman–Crippen MR) is 82.5 cm³/mol. The van der Waals surface area contributed by atoms with Gasteiger partial charge in [0.15, 0.2) is 5.69 Å². The number of amides is 2. The number of hydrogen-bond acceptors (Lipinski definition) is 5. The molecule has 0 spiro atoms. The van der Waals surface area contributed by atoms with Crippen molar-refractivity contribution in [3.05, 3.63) is 31.7 Å². The number of halogens is 2. The second-order valence-corrected chi connectivity index (χ2v) is 6.43. The van der Waals surface area contributed by atoms with E-state index in [-0.39, 0.29) is 14.4 Å². The van der Waals surface area contributed by atoms with E-state index in [9.17, 15) is 24.8 Å². The topological polar surface area (TPSA) is 110 Å². The molecule has 0 saturated heterocycles. The first kappa shape index (κ1) is 18.2. The molecule has 0 aromatic heterocycles. The molecule has 2 amide bonds. The number of imide groups is 1. The summed E-state index contributed by atoms with van der Waals surface area (Å²) in [4.78, 5) is 33.8. The lowest BCUT2D eigenvalue weighted by atomic mass is 10.2. The molecule has 0 aliphatic carbocycles. The first-order chi connectivity index (χ1) is 9.94. The summed E-state index contributed by atoms with van der Waals surface area (Å²) in [5, 5.41) is 20.1. The Hall–Kier alpha value is -1.87. The molecule has 10 heteroatoms. The molecule has 0 unspecified atom stereocenters. The first-order valence-corrected chi connectivity index (χ1v) is 7.00. The second-order valence-electron chi connectivity index (χ2n) is 5.11. The highest BCUT2D eigenvalue weighted by Gasteiger charge is 2.35. The van der Waals surface area contributed by atoms with Crippen LogP contribution in [-0.4, -0.2) is 27.8 Å². The van der Waals surface area contributed by atoms with Crippen LogP contribution in [-0.2, 0) is 4.74 Å². The van der Waals surface area contributed by atoms with Gasteiger partial charge in [0.2, 0.25) is 0 Å². The SMILES string of the molecule is CC(C)(C)OC(=O)N(C(=O)O)c1c(Cl)cc(Br)cc1[N+](=O)[O-]. The molecule has 0 bridgehead atoms. The van der Waals surface area contributed by atoms with Gasteiger partial charge in [0, 0.05) is 10.5 Å². The van der Waals surface area contributed by atoms with E-state index in [1.807, 2.05) is 0 Å². The number of rotatable bonds is 2. The van der Waals surface area contributed by atoms with E-state index in [0.717, 1.165) is 6.07 Å². The van der Waals surface area contributed by atoms with Gasteiger partial charge in [-0.2, -0.15) is 4.90 Å². The zero-order valence-corrected chi connectivity index (χ0v) is 14.1. The zero-order chi connectivity index (χ0) is 17.2. The van der Waals surface area contributed by atoms with Crippen LogP contribution in [0.2, 0.25) is 5.02 Å². The lowest BCUT2D eigenvalue weighted by Crippen LogP contribution is -2.40. The maximum absolute atomic E-state index is 12.0. The third-order valence-electron chi connectivity index (χ3n) is 2.20. The van der Waals surface area contributed by atoms with E-state index >= 15 is 0 Å². The van der Waals surface area contributed by atoms with Crippen molar-refractivity contribution in [3.63, 3.8) is 0 Å². The van der Waals surface area contributed by atoms with Gasteiger partial charge in [0.05, 0.1) is 9.95 Å². The molecular weight excluding hydrogens is 383 g/mol. The third-order valence-corrected chi connectivity index (χ3v) is 2.94. The van der Waals surface area contributed by atoms with Gasteiger partial charge in [-0.25, -0.2) is 9.59 Å². The van der Waals surface area contributed by atoms with E-state index < -0.39 is 34.1 Å². The molecule has 1 aromatic rings. The highest BCUT2D eigenvalue weighted by Crippen LogP contribution is 2.39. The minimum absolute atomic E-state index is 0.109. The monoisotopic (exact) mass is 394 g/mol. The van der Waals surface area contributed by atoms with Crippen molar-refractivity contribution >= 4 is 51.1 Å². The van der Waals surface area contributed by atoms with E-state index in [2.05, 4.69) is 15.9 Å². The number of nitro groups is 1. The van der Waals surface area contributed by atoms with Crippen LogP contribution in [0.25, 0.3) is 0 Å². The number of benzene rings is 1. The van der Waals surface area contributed by atoms with Gasteiger partial charge in [-0.15, -0.1) is 0 Å². The van der Waals surface area contributed by atoms with Crippen molar-refractivity contribution in [2.75, 3.05) is 4.90 Å². The van der Waals surface area contributed by atoms with Crippen LogP contribution >= 0.6 is 27.5 Å². The highest BCUT2D eigenvalue weighted by molar-refractivity contribution is 9.10. The van der Waals surface area contributed by atoms with Gasteiger partial charge in [-0.3, -0.25) is 10.1 Å². The Morgan fingerprint density at radius 1 is 1.41 bits per heavy atom. The van der Waals surface area contributed by atoms with Crippen molar-refractivity contribution in [1.29, 1.82) is 0 Å². The number of carboxylic acid groups (broad SMARTS) is 1. The summed E-state index contributed by atoms with van der Waals surface area (Å²) in [6, 6.07) is 2.28. The fraction of sp³-hybridized carbons (Fsp3) is 0.333. The van der Waals surface area contributed by atoms with Crippen molar-refractivity contribution in [2.45, 2.75) is 26.4 Å². The molecule has 0 heterocycles. The van der Waals surface area contributed by atoms with E-state index in [1.54, 1.807) is 0 Å². The van der Waals surface area contributed by atoms with Crippen LogP contribution in [0.3, 0.4) is 0 Å². The molecule has 1 aromatic carbocycles. The quantitative estimate of drug-likeness (QED) is 0.586. The largest absolute Gasteiger partial charge is 0.464 e. The lowest BCUT2D eigenvalue weighted by Gasteiger charge is -2.24. The van der Waals surface area contributed by atoms with Crippen LogP contribution < -0.4 is 4.90 Å². The Balaban J connectivity index is 3.49. The molecule has 1 rings (SSSR count). The van der Waals surface area contributed by atoms with Gasteiger partial charge < -0.3 is 9.84 Å². The number of ether oxygens (including phenoxy) is 1. The summed E-state index contributed by atoms with van der Waals surface area (Å²) < 4.78 is 5.21. The number of carbonyl (C=O) groups excluding carboxylic acids is 1. The molecule has 0 aliphatic rings. The minimum Gasteiger partial charge on any atom is -0.464 e. The molecule has 0 aliphatic heterocycles. The molecule has 1 N–H and O–H groups in total. The molecule has 8 nitrogen and oxygen atoms in total. The summed E-state index contributed by atoms with van der Waals surface area (Å²) in [5.74, 6) is 0. The van der Waals surface area contributed by atoms with E-state index in [0.29, 0.717) is 0 Å². The van der Waals surface area contributed by atoms with Crippen LogP contribution in [0.1, 0.15) is 20.8 Å². The second kappa shape index (κ2) is 6.49. The summed E-state index contributed by atoms with van der Waals surface area (Å²) in [6.45, 7) is 4.59. The summed E-state index contributed by atoms with van der Waals surface area (Å²) >= 11 is 8.90. The van der Waals surface area contributed by atoms with Gasteiger partial charge in [0.25, 0.3) is 5.69 Å². The van der Waals surface area contributed by atoms with Gasteiger partial charge in [0.1, 0.15) is 5.60 Å². The number of hydrogen-bond donors (Lipinski definition) is 1.